The van der Waals surface area contributed by atoms with Gasteiger partial charge in [-0.3, -0.25) is 4.79 Å². The summed E-state index contributed by atoms with van der Waals surface area (Å²) in [6.07, 6.45) is 13.8. The zero-order valence-corrected chi connectivity index (χ0v) is 20.3. The van der Waals surface area contributed by atoms with Gasteiger partial charge in [0.25, 0.3) is 0 Å². The number of allylic oxidation sites excluding steroid dienone is 1. The standard InChI is InChI=1S/C27H45NO3/c1-20-9-12-24-26(2,14-8-15-27(24,3)25(29)30-4)22(20)11-10-21-13-18-31-23(21)19-28-16-6-5-7-17-28/h21-24H,1,5-19H2,2-4H3/p+1/t21?,22-,23?,24-,26+,27-/m0/s1. The highest BCUT2D eigenvalue weighted by molar-refractivity contribution is 5.77. The van der Waals surface area contributed by atoms with E-state index in [0.29, 0.717) is 23.9 Å². The Morgan fingerprint density at radius 2 is 1.90 bits per heavy atom. The van der Waals surface area contributed by atoms with Gasteiger partial charge in [-0.15, -0.1) is 0 Å². The molecule has 0 aromatic carbocycles. The Morgan fingerprint density at radius 1 is 1.13 bits per heavy atom. The van der Waals surface area contributed by atoms with Crippen molar-refractivity contribution < 1.29 is 19.2 Å². The number of hydrogen-bond donors (Lipinski definition) is 1. The molecule has 4 rings (SSSR count). The maximum absolute atomic E-state index is 12.8. The first-order valence-electron chi connectivity index (χ1n) is 13.1. The van der Waals surface area contributed by atoms with Crippen LogP contribution in [0.3, 0.4) is 0 Å². The molecule has 4 aliphatic rings. The number of carbonyl (C=O) groups excluding carboxylic acids is 1. The Morgan fingerprint density at radius 3 is 2.65 bits per heavy atom. The van der Waals surface area contributed by atoms with Crippen molar-refractivity contribution in [2.75, 3.05) is 33.4 Å². The predicted octanol–water partition coefficient (Wildman–Crippen LogP) is 4.19. The van der Waals surface area contributed by atoms with E-state index in [0.717, 1.165) is 32.3 Å². The van der Waals surface area contributed by atoms with Gasteiger partial charge in [-0.25, -0.2) is 0 Å². The summed E-state index contributed by atoms with van der Waals surface area (Å²) in [6, 6.07) is 0. The van der Waals surface area contributed by atoms with E-state index in [1.807, 2.05) is 0 Å². The van der Waals surface area contributed by atoms with Gasteiger partial charge in [0.05, 0.1) is 25.6 Å². The van der Waals surface area contributed by atoms with Crippen LogP contribution in [0.25, 0.3) is 0 Å². The van der Waals surface area contributed by atoms with E-state index in [4.69, 9.17) is 9.47 Å². The molecule has 31 heavy (non-hydrogen) atoms. The van der Waals surface area contributed by atoms with Crippen molar-refractivity contribution in [3.63, 3.8) is 0 Å². The highest BCUT2D eigenvalue weighted by Crippen LogP contribution is 2.62. The smallest absolute Gasteiger partial charge is 0.311 e. The van der Waals surface area contributed by atoms with Crippen LogP contribution in [0.15, 0.2) is 12.2 Å². The number of carbonyl (C=O) groups is 1. The highest BCUT2D eigenvalue weighted by Gasteiger charge is 2.57. The van der Waals surface area contributed by atoms with Crippen LogP contribution in [0, 0.1) is 28.6 Å². The van der Waals surface area contributed by atoms with Crippen molar-refractivity contribution in [2.24, 2.45) is 28.6 Å². The number of nitrogens with one attached hydrogen (secondary N) is 1. The highest BCUT2D eigenvalue weighted by atomic mass is 16.5. The summed E-state index contributed by atoms with van der Waals surface area (Å²) in [6.45, 7) is 14.0. The average Bonchev–Trinajstić information content (AvgIpc) is 3.20. The molecule has 1 N–H and O–H groups in total. The first kappa shape index (κ1) is 23.3. The number of methoxy groups -OCH3 is 1. The second-order valence-electron chi connectivity index (χ2n) is 11.6. The minimum atomic E-state index is -0.336. The maximum atomic E-state index is 12.8. The number of rotatable bonds is 6. The van der Waals surface area contributed by atoms with E-state index < -0.39 is 0 Å². The minimum Gasteiger partial charge on any atom is -0.469 e. The molecular formula is C27H46NO3+. The van der Waals surface area contributed by atoms with Gasteiger partial charge in [-0.1, -0.05) is 25.5 Å². The van der Waals surface area contributed by atoms with Gasteiger partial charge >= 0.3 is 5.97 Å². The summed E-state index contributed by atoms with van der Waals surface area (Å²) in [7, 11) is 1.56. The van der Waals surface area contributed by atoms with Gasteiger partial charge in [-0.05, 0) is 94.3 Å². The lowest BCUT2D eigenvalue weighted by atomic mass is 9.46. The lowest BCUT2D eigenvalue weighted by Crippen LogP contribution is -3.14. The summed E-state index contributed by atoms with van der Waals surface area (Å²) in [5, 5.41) is 0. The Balaban J connectivity index is 1.43. The molecule has 0 aromatic heterocycles. The molecule has 2 saturated carbocycles. The lowest BCUT2D eigenvalue weighted by molar-refractivity contribution is -0.908. The zero-order valence-electron chi connectivity index (χ0n) is 20.3. The number of quaternary nitrogens is 1. The number of ether oxygens (including phenoxy) is 2. The van der Waals surface area contributed by atoms with Crippen LogP contribution in [-0.2, 0) is 14.3 Å². The molecule has 0 amide bonds. The molecule has 2 aliphatic heterocycles. The van der Waals surface area contributed by atoms with E-state index >= 15 is 0 Å². The van der Waals surface area contributed by atoms with Gasteiger partial charge < -0.3 is 14.4 Å². The van der Waals surface area contributed by atoms with Crippen molar-refractivity contribution in [2.45, 2.75) is 90.6 Å². The predicted molar refractivity (Wildman–Crippen MR) is 124 cm³/mol. The van der Waals surface area contributed by atoms with Crippen LogP contribution in [0.4, 0.5) is 0 Å². The van der Waals surface area contributed by atoms with Crippen LogP contribution in [0.2, 0.25) is 0 Å². The molecular weight excluding hydrogens is 386 g/mol. The number of hydrogen-bond acceptors (Lipinski definition) is 3. The molecule has 0 radical (unpaired) electrons. The van der Waals surface area contributed by atoms with Crippen molar-refractivity contribution >= 4 is 5.97 Å². The zero-order chi connectivity index (χ0) is 22.1. The van der Waals surface area contributed by atoms with Crippen molar-refractivity contribution in [1.29, 1.82) is 0 Å². The maximum Gasteiger partial charge on any atom is 0.311 e. The van der Waals surface area contributed by atoms with Gasteiger partial charge in [0.1, 0.15) is 12.6 Å². The molecule has 2 saturated heterocycles. The molecule has 6 atom stereocenters. The third-order valence-corrected chi connectivity index (χ3v) is 9.89. The van der Waals surface area contributed by atoms with Crippen LogP contribution < -0.4 is 4.90 Å². The number of likely N-dealkylation sites (tertiary alicyclic amines) is 1. The summed E-state index contributed by atoms with van der Waals surface area (Å²) < 4.78 is 11.5. The van der Waals surface area contributed by atoms with Crippen molar-refractivity contribution in [3.05, 3.63) is 12.2 Å². The summed E-state index contributed by atoms with van der Waals surface area (Å²) in [4.78, 5) is 14.6. The van der Waals surface area contributed by atoms with E-state index in [9.17, 15) is 4.79 Å². The third-order valence-electron chi connectivity index (χ3n) is 9.89. The second-order valence-corrected chi connectivity index (χ2v) is 11.6. The fraction of sp³-hybridized carbons (Fsp3) is 0.889. The van der Waals surface area contributed by atoms with Crippen LogP contribution in [-0.4, -0.2) is 45.4 Å². The molecule has 0 aromatic rings. The van der Waals surface area contributed by atoms with Gasteiger partial charge in [0, 0.05) is 6.61 Å². The number of esters is 1. The molecule has 0 bridgehead atoms. The molecule has 0 spiro atoms. The fourth-order valence-electron chi connectivity index (χ4n) is 8.13. The average molecular weight is 433 g/mol. The summed E-state index contributed by atoms with van der Waals surface area (Å²) >= 11 is 0. The van der Waals surface area contributed by atoms with Crippen molar-refractivity contribution in [3.8, 4) is 0 Å². The van der Waals surface area contributed by atoms with Crippen molar-refractivity contribution in [1.82, 2.24) is 0 Å². The molecule has 2 heterocycles. The first-order valence-corrected chi connectivity index (χ1v) is 13.1. The minimum absolute atomic E-state index is 0.00320. The Hall–Kier alpha value is -0.870. The topological polar surface area (TPSA) is 40.0 Å². The van der Waals surface area contributed by atoms with Crippen LogP contribution in [0.5, 0.6) is 0 Å². The number of piperidine rings is 1. The van der Waals surface area contributed by atoms with Crippen LogP contribution >= 0.6 is 0 Å². The Bertz CT molecular complexity index is 657. The second kappa shape index (κ2) is 9.55. The third kappa shape index (κ3) is 4.49. The molecule has 4 heteroatoms. The lowest BCUT2D eigenvalue weighted by Gasteiger charge is -2.57. The van der Waals surface area contributed by atoms with Gasteiger partial charge in [-0.2, -0.15) is 0 Å². The van der Waals surface area contributed by atoms with E-state index in [-0.39, 0.29) is 16.8 Å². The Kier molecular flexibility index (Phi) is 7.18. The molecule has 2 aliphatic carbocycles. The molecule has 176 valence electrons. The van der Waals surface area contributed by atoms with E-state index in [2.05, 4.69) is 20.4 Å². The largest absolute Gasteiger partial charge is 0.469 e. The normalized spacial score (nSPS) is 41.7. The first-order chi connectivity index (χ1) is 14.9. The fourth-order valence-corrected chi connectivity index (χ4v) is 8.13. The SMILES string of the molecule is C=C1CC[C@H]2[C@](C)(CCC[C@]2(C)C(=O)OC)[C@H]1CCC1CCOC1C[NH+]1CCCCC1. The number of fused-ring (bicyclic) bond motifs is 1. The molecule has 2 unspecified atom stereocenters. The summed E-state index contributed by atoms with van der Waals surface area (Å²) in [5.41, 5.74) is 1.27. The van der Waals surface area contributed by atoms with Crippen LogP contribution in [0.1, 0.15) is 84.5 Å². The van der Waals surface area contributed by atoms with Gasteiger partial charge in [0.15, 0.2) is 0 Å². The Labute approximate surface area is 190 Å². The summed E-state index contributed by atoms with van der Waals surface area (Å²) in [5.74, 6) is 1.63. The van der Waals surface area contributed by atoms with Gasteiger partial charge in [0.2, 0.25) is 0 Å². The molecule has 4 nitrogen and oxygen atoms in total. The van der Waals surface area contributed by atoms with E-state index in [1.165, 1.54) is 70.2 Å². The monoisotopic (exact) mass is 432 g/mol. The quantitative estimate of drug-likeness (QED) is 0.505. The molecule has 4 fully saturated rings. The van der Waals surface area contributed by atoms with E-state index in [1.54, 1.807) is 12.0 Å².